The van der Waals surface area contributed by atoms with Crippen molar-refractivity contribution in [2.75, 3.05) is 40.1 Å². The number of primary amides is 2. The average molecular weight is 961 g/mol. The highest BCUT2D eigenvalue weighted by Gasteiger charge is 2.24. The highest BCUT2D eigenvalue weighted by molar-refractivity contribution is 6.12. The van der Waals surface area contributed by atoms with Gasteiger partial charge in [-0.1, -0.05) is 12.2 Å². The number of rotatable bonds is 25. The number of amides is 3. The van der Waals surface area contributed by atoms with E-state index in [1.807, 2.05) is 59.7 Å². The molecule has 2 aromatic carbocycles. The van der Waals surface area contributed by atoms with Gasteiger partial charge in [-0.15, -0.1) is 0 Å². The molecular formula is C48H56N12O10. The van der Waals surface area contributed by atoms with Crippen molar-refractivity contribution in [2.24, 2.45) is 11.5 Å². The van der Waals surface area contributed by atoms with E-state index in [0.717, 1.165) is 11.4 Å². The molecule has 0 aliphatic carbocycles. The number of nitrogens with zero attached hydrogens (tertiary/aromatic N) is 9. The number of Topliss-reactive ketones (excluding diaryl/α,β-unsaturated/α-hetero) is 1. The molecule has 0 atom stereocenters. The SMILES string of the molecule is CCn1nc(C)cc1C(=O)Cc1nc2cc(C(N)=O)cc(OCCCNC(=O)OCCC(=O)O)c2n1C/C=C/Cn1c2nc(-c3cc(C)nn3CC)ncc2c2cc(C(N)=O)cc(OCCCOC)c21. The second-order valence-electron chi connectivity index (χ2n) is 16.3. The lowest BCUT2D eigenvalue weighted by molar-refractivity contribution is -0.137. The van der Waals surface area contributed by atoms with Gasteiger partial charge in [-0.3, -0.25) is 28.5 Å². The number of carbonyl (C=O) groups is 5. The summed E-state index contributed by atoms with van der Waals surface area (Å²) in [5.74, 6) is -1.15. The Hall–Kier alpha value is -8.14. The predicted molar refractivity (Wildman–Crippen MR) is 257 cm³/mol. The van der Waals surface area contributed by atoms with E-state index < -0.39 is 23.9 Å². The van der Waals surface area contributed by atoms with Crippen LogP contribution < -0.4 is 26.3 Å². The first kappa shape index (κ1) is 49.8. The monoisotopic (exact) mass is 960 g/mol. The van der Waals surface area contributed by atoms with Gasteiger partial charge in [-0.2, -0.15) is 10.2 Å². The molecule has 5 aromatic heterocycles. The molecule has 0 aliphatic rings. The lowest BCUT2D eigenvalue weighted by Gasteiger charge is -2.13. The fraction of sp³-hybridized carbons (Fsp3) is 0.375. The summed E-state index contributed by atoms with van der Waals surface area (Å²) in [6, 6.07) is 10.0. The van der Waals surface area contributed by atoms with Crippen molar-refractivity contribution in [3.05, 3.63) is 88.8 Å². The van der Waals surface area contributed by atoms with Gasteiger partial charge in [-0.25, -0.2) is 19.7 Å². The van der Waals surface area contributed by atoms with Gasteiger partial charge in [0.2, 0.25) is 11.8 Å². The van der Waals surface area contributed by atoms with Gasteiger partial charge >= 0.3 is 12.1 Å². The van der Waals surface area contributed by atoms with Crippen LogP contribution in [0.1, 0.15) is 81.5 Å². The number of fused-ring (bicyclic) bond motifs is 4. The molecule has 22 nitrogen and oxygen atoms in total. The largest absolute Gasteiger partial charge is 0.491 e. The normalized spacial score (nSPS) is 11.6. The molecule has 0 bridgehead atoms. The number of methoxy groups -OCH3 is 1. The third-order valence-corrected chi connectivity index (χ3v) is 11.2. The minimum absolute atomic E-state index is 0.0700. The van der Waals surface area contributed by atoms with Crippen molar-refractivity contribution >= 4 is 62.6 Å². The van der Waals surface area contributed by atoms with Gasteiger partial charge < -0.3 is 50.0 Å². The zero-order valence-corrected chi connectivity index (χ0v) is 39.7. The summed E-state index contributed by atoms with van der Waals surface area (Å²) in [6.45, 7) is 9.79. The highest BCUT2D eigenvalue weighted by Crippen LogP contribution is 2.37. The molecule has 7 rings (SSSR count). The van der Waals surface area contributed by atoms with Crippen LogP contribution in [-0.4, -0.2) is 118 Å². The molecule has 7 aromatic rings. The van der Waals surface area contributed by atoms with Crippen molar-refractivity contribution in [1.82, 2.24) is 49.0 Å². The van der Waals surface area contributed by atoms with E-state index in [0.29, 0.717) is 101 Å². The molecule has 5 heterocycles. The lowest BCUT2D eigenvalue weighted by atomic mass is 10.1. The van der Waals surface area contributed by atoms with Gasteiger partial charge in [0.15, 0.2) is 11.6 Å². The van der Waals surface area contributed by atoms with Crippen LogP contribution in [0.5, 0.6) is 11.5 Å². The number of hydrogen-bond acceptors (Lipinski definition) is 14. The first-order chi connectivity index (χ1) is 33.7. The van der Waals surface area contributed by atoms with E-state index in [9.17, 15) is 24.0 Å². The molecule has 22 heteroatoms. The molecule has 0 aliphatic heterocycles. The maximum atomic E-state index is 14.0. The van der Waals surface area contributed by atoms with Crippen molar-refractivity contribution in [2.45, 2.75) is 79.6 Å². The van der Waals surface area contributed by atoms with Crippen LogP contribution in [0.3, 0.4) is 0 Å². The minimum atomic E-state index is -1.09. The second-order valence-corrected chi connectivity index (χ2v) is 16.3. The van der Waals surface area contributed by atoms with E-state index in [-0.39, 0.29) is 68.3 Å². The first-order valence-corrected chi connectivity index (χ1v) is 22.8. The number of carbonyl (C=O) groups excluding carboxylic acids is 4. The summed E-state index contributed by atoms with van der Waals surface area (Å²) in [5, 5.41) is 21.8. The van der Waals surface area contributed by atoms with Gasteiger partial charge in [0, 0.05) is 81.0 Å². The molecule has 6 N–H and O–H groups in total. The van der Waals surface area contributed by atoms with Crippen molar-refractivity contribution in [3.8, 4) is 23.0 Å². The Balaban J connectivity index is 1.28. The summed E-state index contributed by atoms with van der Waals surface area (Å²) in [6.07, 6.45) is 5.24. The van der Waals surface area contributed by atoms with Crippen LogP contribution in [0.15, 0.2) is 54.7 Å². The predicted octanol–water partition coefficient (Wildman–Crippen LogP) is 4.92. The van der Waals surface area contributed by atoms with E-state index in [2.05, 4.69) is 15.5 Å². The van der Waals surface area contributed by atoms with E-state index in [1.165, 1.54) is 6.07 Å². The fourth-order valence-corrected chi connectivity index (χ4v) is 8.07. The second kappa shape index (κ2) is 22.3. The number of alkyl carbamates (subject to hydrolysis) is 1. The Labute approximate surface area is 401 Å². The zero-order chi connectivity index (χ0) is 50.1. The number of aliphatic carboxylic acids is 1. The molecule has 0 fully saturated rings. The Morgan fingerprint density at radius 1 is 0.757 bits per heavy atom. The third kappa shape index (κ3) is 11.2. The number of benzene rings is 2. The number of carboxylic acid groups (broad SMARTS) is 1. The highest BCUT2D eigenvalue weighted by atomic mass is 16.5. The summed E-state index contributed by atoms with van der Waals surface area (Å²) in [7, 11) is 1.61. The number of nitrogens with two attached hydrogens (primary N) is 2. The number of ketones is 1. The topological polar surface area (TPSA) is 291 Å². The number of allylic oxidation sites excluding steroid dienone is 2. The number of ether oxygens (including phenoxy) is 4. The smallest absolute Gasteiger partial charge is 0.407 e. The number of carboxylic acids is 1. The van der Waals surface area contributed by atoms with Gasteiger partial charge in [0.1, 0.15) is 46.5 Å². The van der Waals surface area contributed by atoms with Crippen LogP contribution in [0.4, 0.5) is 4.79 Å². The molecule has 70 heavy (non-hydrogen) atoms. The maximum Gasteiger partial charge on any atom is 0.407 e. The summed E-state index contributed by atoms with van der Waals surface area (Å²) >= 11 is 0. The number of nitrogens with one attached hydrogen (secondary N) is 1. The molecule has 368 valence electrons. The molecule has 0 saturated heterocycles. The van der Waals surface area contributed by atoms with Crippen molar-refractivity contribution < 1.29 is 48.0 Å². The molecule has 0 saturated carbocycles. The standard InChI is InChI=1S/C48H56N12O10/c1-6-59-35(20-28(3)55-59)37(61)26-40-53-34-23-31(45(50)65)25-39(68-17-10-13-51-48(66)70-19-12-41(62)63)43(34)57(40)14-8-9-15-58-42-32(22-30(44(49)64)24-38(42)69-18-11-16-67-5)33-27-52-46(54-47(33)58)36-21-29(4)56-60(36)7-2/h8-9,20-25,27H,6-7,10-19,26H2,1-5H3,(H2,49,64)(H2,50,65)(H,51,66)(H,62,63)/b9-8+. The average Bonchev–Trinajstić information content (AvgIpc) is 4.09. The summed E-state index contributed by atoms with van der Waals surface area (Å²) in [5.41, 5.74) is 16.7. The Kier molecular flexibility index (Phi) is 15.9. The summed E-state index contributed by atoms with van der Waals surface area (Å²) < 4.78 is 30.0. The van der Waals surface area contributed by atoms with E-state index in [4.69, 9.17) is 50.5 Å². The van der Waals surface area contributed by atoms with E-state index in [1.54, 1.807) is 42.3 Å². The van der Waals surface area contributed by atoms with Crippen LogP contribution >= 0.6 is 0 Å². The third-order valence-electron chi connectivity index (χ3n) is 11.2. The number of aryl methyl sites for hydroxylation is 4. The Bertz CT molecular complexity index is 3130. The number of aromatic nitrogens is 9. The lowest BCUT2D eigenvalue weighted by Crippen LogP contribution is -2.27. The van der Waals surface area contributed by atoms with Crippen LogP contribution in [0.25, 0.3) is 44.5 Å². The quantitative estimate of drug-likeness (QED) is 0.0336. The molecule has 0 unspecified atom stereocenters. The van der Waals surface area contributed by atoms with Gasteiger partial charge in [0.25, 0.3) is 0 Å². The molecule has 0 radical (unpaired) electrons. The van der Waals surface area contributed by atoms with Crippen LogP contribution in [0, 0.1) is 13.8 Å². The molecular weight excluding hydrogens is 905 g/mol. The van der Waals surface area contributed by atoms with Gasteiger partial charge in [-0.05, 0) is 70.5 Å². The fourth-order valence-electron chi connectivity index (χ4n) is 8.07. The van der Waals surface area contributed by atoms with Gasteiger partial charge in [0.05, 0.1) is 48.5 Å². The zero-order valence-electron chi connectivity index (χ0n) is 39.7. The number of imidazole rings is 1. The van der Waals surface area contributed by atoms with Crippen LogP contribution in [-0.2, 0) is 46.9 Å². The van der Waals surface area contributed by atoms with Crippen molar-refractivity contribution in [3.63, 3.8) is 0 Å². The molecule has 3 amide bonds. The summed E-state index contributed by atoms with van der Waals surface area (Å²) in [4.78, 5) is 76.9. The Morgan fingerprint density at radius 2 is 1.41 bits per heavy atom. The Morgan fingerprint density at radius 3 is 2.10 bits per heavy atom. The maximum absolute atomic E-state index is 14.0. The van der Waals surface area contributed by atoms with Crippen LogP contribution in [0.2, 0.25) is 0 Å². The minimum Gasteiger partial charge on any atom is -0.491 e. The first-order valence-electron chi connectivity index (χ1n) is 22.8. The van der Waals surface area contributed by atoms with E-state index >= 15 is 0 Å². The van der Waals surface area contributed by atoms with Crippen molar-refractivity contribution in [1.29, 1.82) is 0 Å². The molecule has 0 spiro atoms. The number of hydrogen-bond donors (Lipinski definition) is 4.